The number of carbonyl (C=O) groups excluding carboxylic acids is 2. The minimum Gasteiger partial charge on any atom is -0.344 e. The first-order valence-electron chi connectivity index (χ1n) is 6.87. The van der Waals surface area contributed by atoms with Crippen molar-refractivity contribution in [2.24, 2.45) is 5.10 Å². The van der Waals surface area contributed by atoms with Crippen LogP contribution in [0.2, 0.25) is 0 Å². The monoisotopic (exact) mass is 295 g/mol. The maximum absolute atomic E-state index is 11.6. The molecule has 0 saturated carbocycles. The van der Waals surface area contributed by atoms with E-state index in [0.717, 1.165) is 16.7 Å². The van der Waals surface area contributed by atoms with Gasteiger partial charge in [-0.3, -0.25) is 9.59 Å². The lowest BCUT2D eigenvalue weighted by Crippen LogP contribution is -2.37. The fourth-order valence-corrected chi connectivity index (χ4v) is 1.72. The topological polar surface area (TPSA) is 70.6 Å². The van der Waals surface area contributed by atoms with E-state index < -0.39 is 11.8 Å². The van der Waals surface area contributed by atoms with Gasteiger partial charge >= 0.3 is 11.8 Å². The van der Waals surface area contributed by atoms with Gasteiger partial charge in [-0.15, -0.1) is 0 Å². The molecule has 112 valence electrons. The van der Waals surface area contributed by atoms with Crippen LogP contribution in [-0.2, 0) is 16.1 Å². The minimum absolute atomic E-state index is 0.301. The molecule has 5 heteroatoms. The van der Waals surface area contributed by atoms with Crippen LogP contribution in [-0.4, -0.2) is 18.0 Å². The summed E-state index contributed by atoms with van der Waals surface area (Å²) in [5.74, 6) is -1.51. The van der Waals surface area contributed by atoms with Crippen molar-refractivity contribution in [3.8, 4) is 0 Å². The third-order valence-electron chi connectivity index (χ3n) is 2.96. The molecule has 2 aromatic carbocycles. The smallest absolute Gasteiger partial charge is 0.329 e. The van der Waals surface area contributed by atoms with Gasteiger partial charge in [0.2, 0.25) is 0 Å². The molecule has 2 N–H and O–H groups in total. The third kappa shape index (κ3) is 4.86. The highest BCUT2D eigenvalue weighted by Crippen LogP contribution is 2.02. The maximum Gasteiger partial charge on any atom is 0.329 e. The Morgan fingerprint density at radius 2 is 1.68 bits per heavy atom. The summed E-state index contributed by atoms with van der Waals surface area (Å²) < 4.78 is 0. The first kappa shape index (κ1) is 15.4. The van der Waals surface area contributed by atoms with Gasteiger partial charge in [-0.2, -0.15) is 5.10 Å². The number of hydrogen-bond donors (Lipinski definition) is 2. The molecular formula is C17H17N3O2. The number of nitrogens with zero attached hydrogens (tertiary/aromatic N) is 1. The van der Waals surface area contributed by atoms with E-state index in [2.05, 4.69) is 15.8 Å². The van der Waals surface area contributed by atoms with Crippen molar-refractivity contribution < 1.29 is 9.59 Å². The number of hydrogen-bond acceptors (Lipinski definition) is 3. The number of hydrazone groups is 1. The second-order valence-corrected chi connectivity index (χ2v) is 4.78. The Labute approximate surface area is 129 Å². The second-order valence-electron chi connectivity index (χ2n) is 4.78. The van der Waals surface area contributed by atoms with Gasteiger partial charge in [-0.25, -0.2) is 5.43 Å². The summed E-state index contributed by atoms with van der Waals surface area (Å²) in [6.07, 6.45) is 1.48. The van der Waals surface area contributed by atoms with Gasteiger partial charge in [0.25, 0.3) is 0 Å². The summed E-state index contributed by atoms with van der Waals surface area (Å²) >= 11 is 0. The van der Waals surface area contributed by atoms with Gasteiger partial charge in [0.1, 0.15) is 0 Å². The number of amides is 2. The zero-order chi connectivity index (χ0) is 15.8. The molecular weight excluding hydrogens is 278 g/mol. The highest BCUT2D eigenvalue weighted by atomic mass is 16.2. The Morgan fingerprint density at radius 1 is 1.00 bits per heavy atom. The molecule has 0 fully saturated rings. The van der Waals surface area contributed by atoms with E-state index in [1.807, 2.05) is 61.5 Å². The molecule has 0 aromatic heterocycles. The average Bonchev–Trinajstić information content (AvgIpc) is 2.55. The molecule has 0 atom stereocenters. The summed E-state index contributed by atoms with van der Waals surface area (Å²) in [7, 11) is 0. The van der Waals surface area contributed by atoms with Crippen molar-refractivity contribution in [3.63, 3.8) is 0 Å². The lowest BCUT2D eigenvalue weighted by Gasteiger charge is -2.04. The number of rotatable bonds is 4. The van der Waals surface area contributed by atoms with E-state index in [0.29, 0.717) is 6.54 Å². The molecule has 5 nitrogen and oxygen atoms in total. The van der Waals surface area contributed by atoms with Crippen molar-refractivity contribution in [3.05, 3.63) is 71.3 Å². The quantitative estimate of drug-likeness (QED) is 0.512. The molecule has 0 bridgehead atoms. The van der Waals surface area contributed by atoms with E-state index in [1.165, 1.54) is 6.21 Å². The van der Waals surface area contributed by atoms with E-state index in [1.54, 1.807) is 0 Å². The molecule has 0 unspecified atom stereocenters. The molecule has 0 spiro atoms. The fraction of sp³-hybridized carbons (Fsp3) is 0.118. The van der Waals surface area contributed by atoms with Gasteiger partial charge in [0.15, 0.2) is 0 Å². The number of nitrogens with one attached hydrogen (secondary N) is 2. The Balaban J connectivity index is 1.78. The Kier molecular flexibility index (Phi) is 5.43. The first-order valence-corrected chi connectivity index (χ1v) is 6.87. The zero-order valence-electron chi connectivity index (χ0n) is 12.2. The van der Waals surface area contributed by atoms with Gasteiger partial charge in [-0.05, 0) is 18.1 Å². The van der Waals surface area contributed by atoms with Gasteiger partial charge in [0.05, 0.1) is 6.21 Å². The Hall–Kier alpha value is -2.95. The van der Waals surface area contributed by atoms with Crippen molar-refractivity contribution in [2.45, 2.75) is 13.5 Å². The van der Waals surface area contributed by atoms with Crippen molar-refractivity contribution in [2.75, 3.05) is 0 Å². The van der Waals surface area contributed by atoms with Crippen LogP contribution >= 0.6 is 0 Å². The summed E-state index contributed by atoms with van der Waals surface area (Å²) in [6.45, 7) is 2.29. The Morgan fingerprint density at radius 3 is 2.36 bits per heavy atom. The molecule has 0 radical (unpaired) electrons. The van der Waals surface area contributed by atoms with E-state index in [4.69, 9.17) is 0 Å². The lowest BCUT2D eigenvalue weighted by molar-refractivity contribution is -0.139. The Bertz CT molecular complexity index is 664. The van der Waals surface area contributed by atoms with Crippen LogP contribution in [0.3, 0.4) is 0 Å². The summed E-state index contributed by atoms with van der Waals surface area (Å²) in [6, 6.07) is 17.0. The molecule has 0 heterocycles. The third-order valence-corrected chi connectivity index (χ3v) is 2.96. The molecule has 0 aliphatic heterocycles. The first-order chi connectivity index (χ1) is 10.6. The number of benzene rings is 2. The molecule has 2 rings (SSSR count). The predicted molar refractivity (Wildman–Crippen MR) is 85.2 cm³/mol. The second kappa shape index (κ2) is 7.73. The van der Waals surface area contributed by atoms with Crippen LogP contribution in [0.1, 0.15) is 16.7 Å². The molecule has 22 heavy (non-hydrogen) atoms. The molecule has 0 aliphatic rings. The number of carbonyl (C=O) groups is 2. The van der Waals surface area contributed by atoms with E-state index in [9.17, 15) is 9.59 Å². The van der Waals surface area contributed by atoms with Crippen molar-refractivity contribution >= 4 is 18.0 Å². The molecule has 0 aliphatic carbocycles. The largest absolute Gasteiger partial charge is 0.344 e. The van der Waals surface area contributed by atoms with E-state index >= 15 is 0 Å². The van der Waals surface area contributed by atoms with Crippen molar-refractivity contribution in [1.29, 1.82) is 0 Å². The normalized spacial score (nSPS) is 10.4. The summed E-state index contributed by atoms with van der Waals surface area (Å²) in [5, 5.41) is 6.29. The minimum atomic E-state index is -0.792. The summed E-state index contributed by atoms with van der Waals surface area (Å²) in [4.78, 5) is 23.2. The van der Waals surface area contributed by atoms with Crippen LogP contribution < -0.4 is 10.7 Å². The van der Waals surface area contributed by atoms with Gasteiger partial charge in [0, 0.05) is 6.54 Å². The van der Waals surface area contributed by atoms with Crippen LogP contribution in [0.25, 0.3) is 0 Å². The SMILES string of the molecule is Cc1ccc(CNC(=O)C(=O)N/N=C\c2ccccc2)cc1. The predicted octanol–water partition coefficient (Wildman–Crippen LogP) is 1.76. The van der Waals surface area contributed by atoms with E-state index in [-0.39, 0.29) is 0 Å². The zero-order valence-corrected chi connectivity index (χ0v) is 12.2. The highest BCUT2D eigenvalue weighted by Gasteiger charge is 2.11. The van der Waals surface area contributed by atoms with Crippen molar-refractivity contribution in [1.82, 2.24) is 10.7 Å². The van der Waals surface area contributed by atoms with Crippen LogP contribution in [0, 0.1) is 6.92 Å². The lowest BCUT2D eigenvalue weighted by atomic mass is 10.1. The number of aryl methyl sites for hydroxylation is 1. The maximum atomic E-state index is 11.6. The standard InChI is InChI=1S/C17H17N3O2/c1-13-7-9-15(10-8-13)11-18-16(21)17(22)20-19-12-14-5-3-2-4-6-14/h2-10,12H,11H2,1H3,(H,18,21)(H,20,22)/b19-12-. The fourth-order valence-electron chi connectivity index (χ4n) is 1.72. The molecule has 0 saturated heterocycles. The average molecular weight is 295 g/mol. The summed E-state index contributed by atoms with van der Waals surface area (Å²) in [5.41, 5.74) is 5.10. The molecule has 2 amide bonds. The van der Waals surface area contributed by atoms with Gasteiger partial charge < -0.3 is 5.32 Å². The van der Waals surface area contributed by atoms with Crippen LogP contribution in [0.5, 0.6) is 0 Å². The molecule has 2 aromatic rings. The highest BCUT2D eigenvalue weighted by molar-refractivity contribution is 6.35. The van der Waals surface area contributed by atoms with Gasteiger partial charge in [-0.1, -0.05) is 60.2 Å². The van der Waals surface area contributed by atoms with Crippen LogP contribution in [0.15, 0.2) is 59.7 Å². The van der Waals surface area contributed by atoms with Crippen LogP contribution in [0.4, 0.5) is 0 Å².